The highest BCUT2D eigenvalue weighted by atomic mass is 16.2. The molecule has 0 radical (unpaired) electrons. The average Bonchev–Trinajstić information content (AvgIpc) is 3.47. The maximum Gasteiger partial charge on any atom is 0.230 e. The van der Waals surface area contributed by atoms with Crippen molar-refractivity contribution >= 4 is 17.6 Å². The van der Waals surface area contributed by atoms with Crippen molar-refractivity contribution in [1.29, 1.82) is 0 Å². The summed E-state index contributed by atoms with van der Waals surface area (Å²) >= 11 is 0. The van der Waals surface area contributed by atoms with Crippen molar-refractivity contribution < 1.29 is 9.59 Å². The number of nitrogens with one attached hydrogen (secondary N) is 1. The Bertz CT molecular complexity index is 1120. The van der Waals surface area contributed by atoms with Crippen molar-refractivity contribution in [3.63, 3.8) is 0 Å². The van der Waals surface area contributed by atoms with E-state index in [-0.39, 0.29) is 24.2 Å². The number of hydrogen-bond acceptors (Lipinski definition) is 3. The van der Waals surface area contributed by atoms with E-state index in [9.17, 15) is 9.59 Å². The topological polar surface area (TPSA) is 67.2 Å². The first-order valence-corrected chi connectivity index (χ1v) is 10.9. The minimum Gasteiger partial charge on any atom is -0.338 e. The number of anilines is 1. The molecule has 0 unspecified atom stereocenters. The summed E-state index contributed by atoms with van der Waals surface area (Å²) in [6, 6.07) is 18.0. The van der Waals surface area contributed by atoms with E-state index >= 15 is 0 Å². The number of hydrogen-bond donors (Lipinski definition) is 1. The summed E-state index contributed by atoms with van der Waals surface area (Å²) in [5, 5.41) is 7.88. The Balaban J connectivity index is 1.33. The number of carbonyl (C=O) groups is 2. The van der Waals surface area contributed by atoms with Gasteiger partial charge in [0.15, 0.2) is 0 Å². The molecule has 0 saturated carbocycles. The normalized spacial score (nSPS) is 17.8. The fraction of sp³-hybridized carbons (Fsp3) is 0.320. The monoisotopic (exact) mass is 414 g/mol. The fourth-order valence-electron chi connectivity index (χ4n) is 4.51. The first-order valence-electron chi connectivity index (χ1n) is 10.9. The third-order valence-corrected chi connectivity index (χ3v) is 6.23. The van der Waals surface area contributed by atoms with Crippen molar-refractivity contribution in [2.24, 2.45) is 5.92 Å². The molecule has 1 fully saturated rings. The molecule has 1 N–H and O–H groups in total. The Labute approximate surface area is 181 Å². The zero-order chi connectivity index (χ0) is 21.4. The van der Waals surface area contributed by atoms with Crippen LogP contribution in [0.5, 0.6) is 0 Å². The van der Waals surface area contributed by atoms with E-state index in [1.54, 1.807) is 4.90 Å². The lowest BCUT2D eigenvalue weighted by atomic mass is 10.1. The van der Waals surface area contributed by atoms with Crippen LogP contribution in [0.25, 0.3) is 5.69 Å². The van der Waals surface area contributed by atoms with Gasteiger partial charge in [0.25, 0.3) is 0 Å². The van der Waals surface area contributed by atoms with Gasteiger partial charge in [-0.2, -0.15) is 5.10 Å². The van der Waals surface area contributed by atoms with Gasteiger partial charge >= 0.3 is 0 Å². The van der Waals surface area contributed by atoms with Crippen molar-refractivity contribution in [3.05, 3.63) is 77.0 Å². The molecule has 1 saturated heterocycles. The molecule has 2 aliphatic rings. The smallest absolute Gasteiger partial charge is 0.230 e. The van der Waals surface area contributed by atoms with Gasteiger partial charge in [0.1, 0.15) is 5.82 Å². The van der Waals surface area contributed by atoms with Crippen LogP contribution in [0.3, 0.4) is 0 Å². The number of rotatable bonds is 5. The first kappa shape index (κ1) is 19.5. The molecule has 1 aliphatic heterocycles. The van der Waals surface area contributed by atoms with Crippen LogP contribution in [-0.2, 0) is 29.0 Å². The quantitative estimate of drug-likeness (QED) is 0.693. The minimum absolute atomic E-state index is 0.0301. The number of para-hydroxylation sites is 1. The van der Waals surface area contributed by atoms with Gasteiger partial charge in [-0.3, -0.25) is 9.59 Å². The lowest BCUT2D eigenvalue weighted by molar-refractivity contribution is -0.128. The lowest BCUT2D eigenvalue weighted by Crippen LogP contribution is -2.28. The number of fused-ring (bicyclic) bond motifs is 1. The highest BCUT2D eigenvalue weighted by Crippen LogP contribution is 2.32. The van der Waals surface area contributed by atoms with Gasteiger partial charge in [0.05, 0.1) is 17.3 Å². The predicted molar refractivity (Wildman–Crippen MR) is 119 cm³/mol. The number of nitrogens with zero attached hydrogens (tertiary/aromatic N) is 3. The molecule has 0 spiro atoms. The third-order valence-electron chi connectivity index (χ3n) is 6.23. The lowest BCUT2D eigenvalue weighted by Gasteiger charge is -2.17. The van der Waals surface area contributed by atoms with Gasteiger partial charge in [-0.25, -0.2) is 4.68 Å². The van der Waals surface area contributed by atoms with Crippen LogP contribution in [0.1, 0.15) is 35.2 Å². The van der Waals surface area contributed by atoms with Crippen LogP contribution in [0.4, 0.5) is 5.82 Å². The van der Waals surface area contributed by atoms with Crippen LogP contribution in [0.15, 0.2) is 54.6 Å². The van der Waals surface area contributed by atoms with Crippen molar-refractivity contribution in [3.8, 4) is 5.69 Å². The van der Waals surface area contributed by atoms with Crippen LogP contribution >= 0.6 is 0 Å². The molecule has 0 bridgehead atoms. The minimum atomic E-state index is -0.353. The van der Waals surface area contributed by atoms with Gasteiger partial charge in [0, 0.05) is 25.1 Å². The molecular formula is C25H26N4O2. The summed E-state index contributed by atoms with van der Waals surface area (Å²) in [4.78, 5) is 27.5. The highest BCUT2D eigenvalue weighted by Gasteiger charge is 2.35. The van der Waals surface area contributed by atoms with Crippen molar-refractivity contribution in [2.75, 3.05) is 11.9 Å². The van der Waals surface area contributed by atoms with E-state index in [1.165, 1.54) is 5.56 Å². The summed E-state index contributed by atoms with van der Waals surface area (Å²) in [6.45, 7) is 3.03. The summed E-state index contributed by atoms with van der Waals surface area (Å²) in [7, 11) is 0. The van der Waals surface area contributed by atoms with Crippen LogP contribution in [0, 0.1) is 12.8 Å². The van der Waals surface area contributed by atoms with E-state index in [1.807, 2.05) is 66.2 Å². The summed E-state index contributed by atoms with van der Waals surface area (Å²) in [6.07, 6.45) is 3.16. The average molecular weight is 415 g/mol. The van der Waals surface area contributed by atoms with Crippen LogP contribution in [0.2, 0.25) is 0 Å². The second-order valence-electron chi connectivity index (χ2n) is 8.52. The Hall–Kier alpha value is -3.41. The Morgan fingerprint density at radius 3 is 2.65 bits per heavy atom. The summed E-state index contributed by atoms with van der Waals surface area (Å²) < 4.78 is 1.84. The Morgan fingerprint density at radius 2 is 1.87 bits per heavy atom. The van der Waals surface area contributed by atoms with Gasteiger partial charge in [-0.05, 0) is 43.9 Å². The van der Waals surface area contributed by atoms with Gasteiger partial charge in [-0.1, -0.05) is 48.0 Å². The molecule has 1 aliphatic carbocycles. The standard InChI is InChI=1S/C25H26N4O2/c1-17-10-12-18(13-11-17)15-28-16-19(14-23(28)30)25(31)26-24-21-8-5-9-22(21)27-29(24)20-6-3-2-4-7-20/h2-4,6-7,10-13,19H,5,8-9,14-16H2,1H3,(H,26,31)/t19-/m1/s1. The van der Waals surface area contributed by atoms with E-state index in [2.05, 4.69) is 5.32 Å². The molecule has 31 heavy (non-hydrogen) atoms. The molecule has 6 nitrogen and oxygen atoms in total. The molecule has 2 heterocycles. The van der Waals surface area contributed by atoms with Crippen molar-refractivity contribution in [2.45, 2.75) is 39.2 Å². The molecule has 158 valence electrons. The van der Waals surface area contributed by atoms with Crippen LogP contribution in [-0.4, -0.2) is 33.0 Å². The second kappa shape index (κ2) is 8.02. The molecule has 1 aromatic heterocycles. The largest absolute Gasteiger partial charge is 0.338 e. The highest BCUT2D eigenvalue weighted by molar-refractivity contribution is 5.97. The number of benzene rings is 2. The molecule has 3 aromatic rings. The zero-order valence-electron chi connectivity index (χ0n) is 17.7. The number of aryl methyl sites for hydroxylation is 2. The van der Waals surface area contributed by atoms with E-state index in [4.69, 9.17) is 5.10 Å². The number of amides is 2. The van der Waals surface area contributed by atoms with E-state index in [0.717, 1.165) is 47.6 Å². The maximum absolute atomic E-state index is 13.2. The Kier molecular flexibility index (Phi) is 5.06. The fourth-order valence-corrected chi connectivity index (χ4v) is 4.51. The van der Waals surface area contributed by atoms with Crippen LogP contribution < -0.4 is 5.32 Å². The summed E-state index contributed by atoms with van der Waals surface area (Å²) in [5.74, 6) is 0.330. The summed E-state index contributed by atoms with van der Waals surface area (Å²) in [5.41, 5.74) is 5.38. The SMILES string of the molecule is Cc1ccc(CN2C[C@H](C(=O)Nc3c4c(nn3-c3ccccc3)CCC4)CC2=O)cc1. The molecule has 2 amide bonds. The van der Waals surface area contributed by atoms with Crippen molar-refractivity contribution in [1.82, 2.24) is 14.7 Å². The third kappa shape index (κ3) is 3.85. The molecule has 1 atom stereocenters. The van der Waals surface area contributed by atoms with E-state index in [0.29, 0.717) is 13.1 Å². The molecule has 2 aromatic carbocycles. The van der Waals surface area contributed by atoms with Gasteiger partial charge < -0.3 is 10.2 Å². The predicted octanol–water partition coefficient (Wildman–Crippen LogP) is 3.66. The van der Waals surface area contributed by atoms with Gasteiger partial charge in [-0.15, -0.1) is 0 Å². The Morgan fingerprint density at radius 1 is 1.10 bits per heavy atom. The molecule has 5 rings (SSSR count). The molecular weight excluding hydrogens is 388 g/mol. The van der Waals surface area contributed by atoms with E-state index < -0.39 is 0 Å². The maximum atomic E-state index is 13.2. The van der Waals surface area contributed by atoms with Gasteiger partial charge in [0.2, 0.25) is 11.8 Å². The second-order valence-corrected chi connectivity index (χ2v) is 8.52. The zero-order valence-corrected chi connectivity index (χ0v) is 17.7. The first-order chi connectivity index (χ1) is 15.1. The molecule has 6 heteroatoms. The number of carbonyl (C=O) groups excluding carboxylic acids is 2. The number of aromatic nitrogens is 2. The number of likely N-dealkylation sites (tertiary alicyclic amines) is 1.